The van der Waals surface area contributed by atoms with E-state index >= 15 is 0 Å². The molecule has 1 heterocycles. The van der Waals surface area contributed by atoms with Crippen molar-refractivity contribution in [2.24, 2.45) is 0 Å². The van der Waals surface area contributed by atoms with E-state index in [2.05, 4.69) is 64.2 Å². The highest BCUT2D eigenvalue weighted by Crippen LogP contribution is 2.20. The van der Waals surface area contributed by atoms with Gasteiger partial charge in [-0.1, -0.05) is 15.9 Å². The summed E-state index contributed by atoms with van der Waals surface area (Å²) >= 11 is 3.46. The van der Waals surface area contributed by atoms with Crippen LogP contribution in [0.4, 0.5) is 5.69 Å². The Morgan fingerprint density at radius 2 is 2.17 bits per heavy atom. The Morgan fingerprint density at radius 1 is 1.39 bits per heavy atom. The van der Waals surface area contributed by atoms with Crippen LogP contribution >= 0.6 is 15.9 Å². The van der Waals surface area contributed by atoms with E-state index in [9.17, 15) is 0 Å². The van der Waals surface area contributed by atoms with Gasteiger partial charge in [0.25, 0.3) is 0 Å². The number of nitrogens with one attached hydrogen (secondary N) is 1. The van der Waals surface area contributed by atoms with E-state index in [4.69, 9.17) is 0 Å². The lowest BCUT2D eigenvalue weighted by molar-refractivity contribution is 0.509. The number of halogens is 1. The SMILES string of the molecule is Cc1cc(Br)ccc1NCc1ncnn1C(C)C. The summed E-state index contributed by atoms with van der Waals surface area (Å²) in [6, 6.07) is 6.52. The lowest BCUT2D eigenvalue weighted by atomic mass is 10.2. The van der Waals surface area contributed by atoms with Gasteiger partial charge in [0, 0.05) is 16.2 Å². The van der Waals surface area contributed by atoms with Gasteiger partial charge in [-0.05, 0) is 44.5 Å². The molecule has 2 rings (SSSR count). The molecule has 1 N–H and O–H groups in total. The Bertz CT molecular complexity index is 534. The predicted molar refractivity (Wildman–Crippen MR) is 76.6 cm³/mol. The maximum absolute atomic E-state index is 4.28. The number of hydrogen-bond donors (Lipinski definition) is 1. The number of aromatic nitrogens is 3. The zero-order valence-electron chi connectivity index (χ0n) is 10.8. The molecule has 0 amide bonds. The molecule has 0 aliphatic rings. The fraction of sp³-hybridized carbons (Fsp3) is 0.385. The summed E-state index contributed by atoms with van der Waals surface area (Å²) in [4.78, 5) is 4.28. The highest BCUT2D eigenvalue weighted by atomic mass is 79.9. The van der Waals surface area contributed by atoms with Crippen LogP contribution in [0.2, 0.25) is 0 Å². The first-order valence-electron chi connectivity index (χ1n) is 5.96. The molecule has 5 heteroatoms. The minimum Gasteiger partial charge on any atom is -0.378 e. The Hall–Kier alpha value is -1.36. The fourth-order valence-electron chi connectivity index (χ4n) is 1.83. The number of rotatable bonds is 4. The number of nitrogens with zero attached hydrogens (tertiary/aromatic N) is 3. The quantitative estimate of drug-likeness (QED) is 0.939. The third-order valence-electron chi connectivity index (χ3n) is 2.76. The van der Waals surface area contributed by atoms with Crippen molar-refractivity contribution >= 4 is 21.6 Å². The second-order valence-corrected chi connectivity index (χ2v) is 5.44. The van der Waals surface area contributed by atoms with Crippen LogP contribution in [0.5, 0.6) is 0 Å². The highest BCUT2D eigenvalue weighted by Gasteiger charge is 2.07. The molecule has 96 valence electrons. The van der Waals surface area contributed by atoms with Gasteiger partial charge in [-0.25, -0.2) is 9.67 Å². The molecule has 0 saturated carbocycles. The van der Waals surface area contributed by atoms with Crippen molar-refractivity contribution in [3.8, 4) is 0 Å². The summed E-state index contributed by atoms with van der Waals surface area (Å²) < 4.78 is 3.03. The molecule has 0 aliphatic heterocycles. The third-order valence-corrected chi connectivity index (χ3v) is 3.26. The van der Waals surface area contributed by atoms with Crippen LogP contribution in [0.3, 0.4) is 0 Å². The minimum atomic E-state index is 0.329. The predicted octanol–water partition coefficient (Wildman–Crippen LogP) is 3.54. The topological polar surface area (TPSA) is 42.7 Å². The first kappa shape index (κ1) is 13.1. The van der Waals surface area contributed by atoms with Crippen molar-refractivity contribution in [2.45, 2.75) is 33.4 Å². The molecule has 0 aliphatic carbocycles. The van der Waals surface area contributed by atoms with Crippen molar-refractivity contribution < 1.29 is 0 Å². The number of aryl methyl sites for hydroxylation is 1. The number of anilines is 1. The molecular formula is C13H17BrN4. The van der Waals surface area contributed by atoms with Crippen LogP contribution in [-0.2, 0) is 6.54 Å². The molecule has 0 spiro atoms. The molecule has 0 saturated heterocycles. The Morgan fingerprint density at radius 3 is 2.83 bits per heavy atom. The molecule has 1 aromatic carbocycles. The largest absolute Gasteiger partial charge is 0.378 e. The van der Waals surface area contributed by atoms with E-state index in [0.29, 0.717) is 12.6 Å². The normalized spacial score (nSPS) is 10.9. The molecule has 1 aromatic heterocycles. The molecule has 4 nitrogen and oxygen atoms in total. The summed E-state index contributed by atoms with van der Waals surface area (Å²) in [5.41, 5.74) is 2.33. The van der Waals surface area contributed by atoms with E-state index in [0.717, 1.165) is 16.0 Å². The highest BCUT2D eigenvalue weighted by molar-refractivity contribution is 9.10. The lowest BCUT2D eigenvalue weighted by Gasteiger charge is -2.12. The van der Waals surface area contributed by atoms with Crippen molar-refractivity contribution in [3.05, 3.63) is 40.4 Å². The van der Waals surface area contributed by atoms with Crippen molar-refractivity contribution in [2.75, 3.05) is 5.32 Å². The van der Waals surface area contributed by atoms with Crippen LogP contribution in [0, 0.1) is 6.92 Å². The average molecular weight is 309 g/mol. The smallest absolute Gasteiger partial charge is 0.146 e. The molecule has 0 unspecified atom stereocenters. The Labute approximate surface area is 116 Å². The maximum atomic E-state index is 4.28. The Kier molecular flexibility index (Phi) is 4.01. The van der Waals surface area contributed by atoms with E-state index < -0.39 is 0 Å². The van der Waals surface area contributed by atoms with E-state index in [1.54, 1.807) is 6.33 Å². The zero-order valence-corrected chi connectivity index (χ0v) is 12.4. The van der Waals surface area contributed by atoms with Gasteiger partial charge in [0.05, 0.1) is 6.54 Å². The summed E-state index contributed by atoms with van der Waals surface area (Å²) in [7, 11) is 0. The van der Waals surface area contributed by atoms with Gasteiger partial charge >= 0.3 is 0 Å². The van der Waals surface area contributed by atoms with Gasteiger partial charge in [-0.15, -0.1) is 0 Å². The van der Waals surface area contributed by atoms with Crippen LogP contribution in [0.1, 0.15) is 31.3 Å². The maximum Gasteiger partial charge on any atom is 0.146 e. The van der Waals surface area contributed by atoms with Crippen LogP contribution in [0.25, 0.3) is 0 Å². The summed E-state index contributed by atoms with van der Waals surface area (Å²) in [5.74, 6) is 0.951. The van der Waals surface area contributed by atoms with Gasteiger partial charge in [0.1, 0.15) is 12.2 Å². The Balaban J connectivity index is 2.09. The second kappa shape index (κ2) is 5.52. The summed E-state index contributed by atoms with van der Waals surface area (Å²) in [6.45, 7) is 6.97. The molecule has 2 aromatic rings. The second-order valence-electron chi connectivity index (χ2n) is 4.53. The molecule has 0 bridgehead atoms. The number of benzene rings is 1. The monoisotopic (exact) mass is 308 g/mol. The van der Waals surface area contributed by atoms with Crippen molar-refractivity contribution in [1.29, 1.82) is 0 Å². The standard InChI is InChI=1S/C13H17BrN4/c1-9(2)18-13(16-8-17-18)7-15-12-5-4-11(14)6-10(12)3/h4-6,8-9,15H,7H2,1-3H3. The van der Waals surface area contributed by atoms with Gasteiger partial charge in [0.2, 0.25) is 0 Å². The van der Waals surface area contributed by atoms with Crippen LogP contribution in [0.15, 0.2) is 29.0 Å². The summed E-state index contributed by atoms with van der Waals surface area (Å²) in [5, 5.41) is 7.62. The average Bonchev–Trinajstić information content (AvgIpc) is 2.76. The van der Waals surface area contributed by atoms with Gasteiger partial charge in [0.15, 0.2) is 0 Å². The first-order valence-corrected chi connectivity index (χ1v) is 6.75. The lowest BCUT2D eigenvalue weighted by Crippen LogP contribution is -2.12. The zero-order chi connectivity index (χ0) is 13.1. The molecule has 0 fully saturated rings. The number of hydrogen-bond acceptors (Lipinski definition) is 3. The fourth-order valence-corrected chi connectivity index (χ4v) is 2.31. The van der Waals surface area contributed by atoms with Gasteiger partial charge in [-0.3, -0.25) is 0 Å². The van der Waals surface area contributed by atoms with Crippen molar-refractivity contribution in [1.82, 2.24) is 14.8 Å². The molecule has 0 radical (unpaired) electrons. The molecule has 0 atom stereocenters. The van der Waals surface area contributed by atoms with Crippen molar-refractivity contribution in [3.63, 3.8) is 0 Å². The van der Waals surface area contributed by atoms with Gasteiger partial charge < -0.3 is 5.32 Å². The van der Waals surface area contributed by atoms with E-state index in [1.807, 2.05) is 10.7 Å². The first-order chi connectivity index (χ1) is 8.58. The minimum absolute atomic E-state index is 0.329. The molecule has 18 heavy (non-hydrogen) atoms. The van der Waals surface area contributed by atoms with E-state index in [-0.39, 0.29) is 0 Å². The third kappa shape index (κ3) is 2.90. The van der Waals surface area contributed by atoms with E-state index in [1.165, 1.54) is 5.56 Å². The summed E-state index contributed by atoms with van der Waals surface area (Å²) in [6.07, 6.45) is 1.60. The van der Waals surface area contributed by atoms with Crippen LogP contribution in [-0.4, -0.2) is 14.8 Å². The van der Waals surface area contributed by atoms with Gasteiger partial charge in [-0.2, -0.15) is 5.10 Å². The van der Waals surface area contributed by atoms with Crippen LogP contribution < -0.4 is 5.32 Å². The molecular weight excluding hydrogens is 292 g/mol.